The van der Waals surface area contributed by atoms with Gasteiger partial charge < -0.3 is 30.3 Å². The number of carbonyl (C=O) groups is 2. The molecule has 0 saturated heterocycles. The van der Waals surface area contributed by atoms with Crippen LogP contribution >= 0.6 is 7.82 Å². The molecule has 0 aromatic rings. The third-order valence-corrected chi connectivity index (χ3v) is 9.43. The Bertz CT molecular complexity index is 1240. The van der Waals surface area contributed by atoms with Crippen molar-refractivity contribution in [2.45, 2.75) is 161 Å². The Morgan fingerprint density at radius 2 is 1.18 bits per heavy atom. The largest absolute Gasteiger partial charge is 0.472 e. The summed E-state index contributed by atoms with van der Waals surface area (Å²) in [7, 11) is -4.46. The summed E-state index contributed by atoms with van der Waals surface area (Å²) in [5.41, 5.74) is 5.33. The Kier molecular flexibility index (Phi) is 37.9. The molecule has 4 atom stereocenters. The van der Waals surface area contributed by atoms with Gasteiger partial charge in [-0.05, 0) is 77.0 Å². The highest BCUT2D eigenvalue weighted by atomic mass is 31.2. The number of aliphatic hydroxyl groups excluding tert-OH is 2. The standard InChI is InChI=1S/C45H76NO10P/c1-3-5-7-9-11-12-13-14-15-16-17-18-19-20-21-23-29-35-44(49)53-39-43(40-55-57(51,52)54-38-37-46)56-45(50)36-30-34-42(48)33-28-25-24-27-32-41(47)31-26-22-10-8-6-4-2/h11-12,14-15,17-18,22,24-28,32-33,41-43,47-48H,3-10,13,16,19-21,23,29-31,34-40,46H2,1-2H3,(H,51,52)/b12-11-,15-14-,18-17-,25-24+,26-22-,32-27+,33-28-/t41-,42-,43+/m0/s1. The van der Waals surface area contributed by atoms with Crippen molar-refractivity contribution in [3.05, 3.63) is 85.1 Å². The van der Waals surface area contributed by atoms with Gasteiger partial charge in [-0.25, -0.2) is 4.57 Å². The van der Waals surface area contributed by atoms with Gasteiger partial charge in [0, 0.05) is 19.4 Å². The van der Waals surface area contributed by atoms with Crippen LogP contribution in [0.2, 0.25) is 0 Å². The molecule has 0 aromatic carbocycles. The van der Waals surface area contributed by atoms with Gasteiger partial charge >= 0.3 is 19.8 Å². The Balaban J connectivity index is 4.50. The third kappa shape index (κ3) is 39.7. The van der Waals surface area contributed by atoms with Gasteiger partial charge in [0.15, 0.2) is 6.10 Å². The number of hydrogen-bond acceptors (Lipinski definition) is 10. The summed E-state index contributed by atoms with van der Waals surface area (Å²) in [5, 5.41) is 20.3. The summed E-state index contributed by atoms with van der Waals surface area (Å²) in [4.78, 5) is 34.9. The summed E-state index contributed by atoms with van der Waals surface area (Å²) in [5.74, 6) is -1.10. The van der Waals surface area contributed by atoms with E-state index in [1.807, 2.05) is 6.08 Å². The molecule has 0 spiro atoms. The van der Waals surface area contributed by atoms with Crippen LogP contribution in [0.5, 0.6) is 0 Å². The third-order valence-electron chi connectivity index (χ3n) is 8.44. The first kappa shape index (κ1) is 54.1. The van der Waals surface area contributed by atoms with Crippen LogP contribution in [0, 0.1) is 0 Å². The molecule has 0 aliphatic rings. The minimum atomic E-state index is -4.46. The molecule has 0 heterocycles. The van der Waals surface area contributed by atoms with Gasteiger partial charge in [0.2, 0.25) is 0 Å². The van der Waals surface area contributed by atoms with Crippen molar-refractivity contribution in [1.29, 1.82) is 0 Å². The van der Waals surface area contributed by atoms with Crippen LogP contribution in [0.1, 0.15) is 142 Å². The minimum absolute atomic E-state index is 0.00564. The Morgan fingerprint density at radius 1 is 0.632 bits per heavy atom. The Labute approximate surface area is 344 Å². The van der Waals surface area contributed by atoms with Crippen molar-refractivity contribution in [3.8, 4) is 0 Å². The maximum absolute atomic E-state index is 12.6. The van der Waals surface area contributed by atoms with Crippen molar-refractivity contribution >= 4 is 19.8 Å². The lowest BCUT2D eigenvalue weighted by Gasteiger charge is -2.20. The Hall–Kier alpha value is -2.89. The van der Waals surface area contributed by atoms with Crippen LogP contribution in [0.15, 0.2) is 85.1 Å². The number of phosphoric ester groups is 1. The summed E-state index contributed by atoms with van der Waals surface area (Å²) in [6, 6.07) is 0. The fourth-order valence-electron chi connectivity index (χ4n) is 5.19. The average molecular weight is 822 g/mol. The molecule has 0 bridgehead atoms. The second-order valence-corrected chi connectivity index (χ2v) is 15.4. The quantitative estimate of drug-likeness (QED) is 0.0153. The predicted octanol–water partition coefficient (Wildman–Crippen LogP) is 9.99. The average Bonchev–Trinajstić information content (AvgIpc) is 3.19. The first-order valence-electron chi connectivity index (χ1n) is 21.3. The molecule has 326 valence electrons. The number of carbonyl (C=O) groups excluding carboxylic acids is 2. The fraction of sp³-hybridized carbons (Fsp3) is 0.644. The molecular weight excluding hydrogens is 745 g/mol. The van der Waals surface area contributed by atoms with Gasteiger partial charge in [-0.2, -0.15) is 0 Å². The number of esters is 2. The lowest BCUT2D eigenvalue weighted by atomic mass is 10.1. The highest BCUT2D eigenvalue weighted by molar-refractivity contribution is 7.47. The van der Waals surface area contributed by atoms with E-state index in [0.29, 0.717) is 25.7 Å². The van der Waals surface area contributed by atoms with Gasteiger partial charge in [-0.3, -0.25) is 18.6 Å². The molecule has 0 aromatic heterocycles. The molecule has 0 saturated carbocycles. The van der Waals surface area contributed by atoms with E-state index in [1.165, 1.54) is 32.1 Å². The van der Waals surface area contributed by atoms with Crippen LogP contribution in [0.3, 0.4) is 0 Å². The van der Waals surface area contributed by atoms with E-state index in [1.54, 1.807) is 36.5 Å². The molecule has 0 rings (SSSR count). The zero-order chi connectivity index (χ0) is 42.1. The molecule has 0 amide bonds. The zero-order valence-corrected chi connectivity index (χ0v) is 35.9. The number of hydrogen-bond donors (Lipinski definition) is 4. The first-order chi connectivity index (χ1) is 27.6. The molecule has 0 radical (unpaired) electrons. The second-order valence-electron chi connectivity index (χ2n) is 13.9. The minimum Gasteiger partial charge on any atom is -0.462 e. The van der Waals surface area contributed by atoms with E-state index in [9.17, 15) is 29.3 Å². The topological polar surface area (TPSA) is 175 Å². The van der Waals surface area contributed by atoms with Crippen LogP contribution in [0.4, 0.5) is 0 Å². The van der Waals surface area contributed by atoms with Crippen molar-refractivity contribution in [2.24, 2.45) is 5.73 Å². The number of ether oxygens (including phenoxy) is 2. The number of phosphoric acid groups is 1. The van der Waals surface area contributed by atoms with Gasteiger partial charge in [0.1, 0.15) is 6.61 Å². The van der Waals surface area contributed by atoms with E-state index < -0.39 is 44.7 Å². The lowest BCUT2D eigenvalue weighted by Crippen LogP contribution is -2.29. The van der Waals surface area contributed by atoms with E-state index >= 15 is 0 Å². The van der Waals surface area contributed by atoms with Crippen LogP contribution in [-0.2, 0) is 32.7 Å². The summed E-state index contributed by atoms with van der Waals surface area (Å²) in [6.45, 7) is 3.30. The van der Waals surface area contributed by atoms with E-state index in [2.05, 4.69) is 56.4 Å². The molecular formula is C45H76NO10P. The van der Waals surface area contributed by atoms with Crippen molar-refractivity contribution in [1.82, 2.24) is 0 Å². The summed E-state index contributed by atoms with van der Waals surface area (Å²) in [6.07, 6.45) is 42.4. The second kappa shape index (κ2) is 39.9. The molecule has 0 aliphatic heterocycles. The van der Waals surface area contributed by atoms with Crippen LogP contribution < -0.4 is 5.73 Å². The van der Waals surface area contributed by atoms with Crippen LogP contribution in [0.25, 0.3) is 0 Å². The number of rotatable bonds is 38. The van der Waals surface area contributed by atoms with Crippen molar-refractivity contribution in [2.75, 3.05) is 26.4 Å². The molecule has 12 heteroatoms. The van der Waals surface area contributed by atoms with Crippen LogP contribution in [-0.4, -0.2) is 71.7 Å². The van der Waals surface area contributed by atoms with Gasteiger partial charge in [0.25, 0.3) is 0 Å². The smallest absolute Gasteiger partial charge is 0.462 e. The monoisotopic (exact) mass is 822 g/mol. The molecule has 1 unspecified atom stereocenters. The first-order valence-corrected chi connectivity index (χ1v) is 22.8. The van der Waals surface area contributed by atoms with Gasteiger partial charge in [-0.15, -0.1) is 0 Å². The van der Waals surface area contributed by atoms with Crippen molar-refractivity contribution in [3.63, 3.8) is 0 Å². The van der Waals surface area contributed by atoms with E-state index in [4.69, 9.17) is 24.3 Å². The highest BCUT2D eigenvalue weighted by Gasteiger charge is 2.26. The van der Waals surface area contributed by atoms with Gasteiger partial charge in [0.05, 0.1) is 25.4 Å². The SMILES string of the molecule is CCCCC/C=C\C/C=C\C/C=C\CCCCCCC(=O)OC[C@H](COP(=O)(O)OCCN)OC(=O)CCC[C@@H](O)\C=C/C=C/C=C/[C@@H](O)C/C=C\CCCCC. The molecule has 5 N–H and O–H groups in total. The maximum atomic E-state index is 12.6. The predicted molar refractivity (Wildman–Crippen MR) is 231 cm³/mol. The summed E-state index contributed by atoms with van der Waals surface area (Å²) < 4.78 is 32.5. The van der Waals surface area contributed by atoms with Gasteiger partial charge in [-0.1, -0.05) is 137 Å². The normalized spacial score (nSPS) is 15.3. The lowest BCUT2D eigenvalue weighted by molar-refractivity contribution is -0.161. The molecule has 0 fully saturated rings. The van der Waals surface area contributed by atoms with E-state index in [-0.39, 0.29) is 32.6 Å². The number of aliphatic hydroxyl groups is 2. The molecule has 0 aliphatic carbocycles. The van der Waals surface area contributed by atoms with E-state index in [0.717, 1.165) is 57.8 Å². The number of unbranched alkanes of at least 4 members (excludes halogenated alkanes) is 10. The Morgan fingerprint density at radius 3 is 1.79 bits per heavy atom. The summed E-state index contributed by atoms with van der Waals surface area (Å²) >= 11 is 0. The highest BCUT2D eigenvalue weighted by Crippen LogP contribution is 2.43. The number of nitrogens with two attached hydrogens (primary N) is 1. The zero-order valence-electron chi connectivity index (χ0n) is 35.0. The maximum Gasteiger partial charge on any atom is 0.472 e. The molecule has 11 nitrogen and oxygen atoms in total. The fourth-order valence-corrected chi connectivity index (χ4v) is 5.95. The van der Waals surface area contributed by atoms with Crippen molar-refractivity contribution < 1.29 is 47.8 Å². The number of allylic oxidation sites excluding steroid dienone is 11. The molecule has 57 heavy (non-hydrogen) atoms.